The lowest BCUT2D eigenvalue weighted by Gasteiger charge is -2.21. The van der Waals surface area contributed by atoms with Crippen molar-refractivity contribution < 1.29 is 0 Å². The second-order valence-electron chi connectivity index (χ2n) is 6.84. The van der Waals surface area contributed by atoms with E-state index in [-0.39, 0.29) is 11.3 Å². The van der Waals surface area contributed by atoms with Gasteiger partial charge in [-0.15, -0.1) is 0 Å². The Morgan fingerprint density at radius 3 is 2.65 bits per heavy atom. The maximum Gasteiger partial charge on any atom is 0.424 e. The van der Waals surface area contributed by atoms with Crippen LogP contribution in [0.2, 0.25) is 0 Å². The third kappa shape index (κ3) is 2.44. The molecule has 0 radical (unpaired) electrons. The van der Waals surface area contributed by atoms with Crippen LogP contribution in [0.1, 0.15) is 37.8 Å². The molecule has 0 amide bonds. The van der Waals surface area contributed by atoms with Crippen LogP contribution in [-0.2, 0) is 0 Å². The van der Waals surface area contributed by atoms with Crippen LogP contribution in [0.4, 0.5) is 0 Å². The molecule has 0 saturated heterocycles. The maximum absolute atomic E-state index is 4.96. The van der Waals surface area contributed by atoms with Crippen LogP contribution in [0.25, 0.3) is 0 Å². The van der Waals surface area contributed by atoms with Crippen LogP contribution in [0.15, 0.2) is 58.7 Å². The normalized spacial score (nSPS) is 19.4. The molecule has 0 fully saturated rings. The fraction of sp³-hybridized carbons (Fsp3) is 0.263. The molecule has 1 aromatic carbocycles. The summed E-state index contributed by atoms with van der Waals surface area (Å²) >= 11 is 1.77. The highest BCUT2D eigenvalue weighted by Gasteiger charge is 2.47. The Morgan fingerprint density at radius 1 is 1.09 bits per heavy atom. The molecule has 2 aromatic rings. The lowest BCUT2D eigenvalue weighted by Crippen LogP contribution is -2.35. The summed E-state index contributed by atoms with van der Waals surface area (Å²) in [6, 6.07) is 12.5. The van der Waals surface area contributed by atoms with Crippen molar-refractivity contribution in [2.75, 3.05) is 0 Å². The maximum atomic E-state index is 4.96. The van der Waals surface area contributed by atoms with Crippen molar-refractivity contribution in [3.63, 3.8) is 0 Å². The summed E-state index contributed by atoms with van der Waals surface area (Å²) in [4.78, 5) is 10.4. The highest BCUT2D eigenvalue weighted by atomic mass is 32.2. The summed E-state index contributed by atoms with van der Waals surface area (Å²) in [6.45, 7) is 6.67. The fourth-order valence-corrected chi connectivity index (χ4v) is 4.17. The molecule has 1 atom stereocenters. The molecule has 0 aliphatic carbocycles. The van der Waals surface area contributed by atoms with E-state index in [9.17, 15) is 0 Å². The van der Waals surface area contributed by atoms with Gasteiger partial charge in [0.05, 0.1) is 0 Å². The van der Waals surface area contributed by atoms with Gasteiger partial charge in [-0.05, 0) is 40.5 Å². The second kappa shape index (κ2) is 5.19. The first-order valence-electron chi connectivity index (χ1n) is 7.76. The van der Waals surface area contributed by atoms with Gasteiger partial charge in [0.2, 0.25) is 10.8 Å². The second-order valence-corrected chi connectivity index (χ2v) is 7.90. The van der Waals surface area contributed by atoms with E-state index in [1.807, 2.05) is 18.3 Å². The largest absolute Gasteiger partial charge is 0.424 e. The lowest BCUT2D eigenvalue weighted by atomic mass is 9.79. The van der Waals surface area contributed by atoms with Gasteiger partial charge in [0.25, 0.3) is 0 Å². The van der Waals surface area contributed by atoms with E-state index in [4.69, 9.17) is 9.66 Å². The summed E-state index contributed by atoms with van der Waals surface area (Å²) in [5.74, 6) is 0.964. The van der Waals surface area contributed by atoms with E-state index < -0.39 is 0 Å². The van der Waals surface area contributed by atoms with E-state index in [1.54, 1.807) is 18.0 Å². The number of thioether (sulfide) groups is 1. The van der Waals surface area contributed by atoms with Crippen molar-refractivity contribution in [1.82, 2.24) is 9.65 Å². The van der Waals surface area contributed by atoms with E-state index >= 15 is 0 Å². The summed E-state index contributed by atoms with van der Waals surface area (Å²) in [5.41, 5.74) is 3.46. The number of aliphatic imine (C=N–C) groups is 1. The molecule has 0 bridgehead atoms. The predicted molar refractivity (Wildman–Crippen MR) is 97.4 cm³/mol. The Labute approximate surface area is 140 Å². The monoisotopic (exact) mass is 320 g/mol. The number of fused-ring (bicyclic) bond motifs is 3. The van der Waals surface area contributed by atoms with Gasteiger partial charge in [0, 0.05) is 22.7 Å². The van der Waals surface area contributed by atoms with Crippen molar-refractivity contribution in [3.8, 4) is 0 Å². The molecule has 0 saturated carbocycles. The molecule has 114 valence electrons. The first-order valence-corrected chi connectivity index (χ1v) is 8.57. The number of pyridine rings is 1. The van der Waals surface area contributed by atoms with Crippen molar-refractivity contribution in [1.29, 1.82) is 0 Å². The Hall–Kier alpha value is -2.16. The predicted octanol–water partition coefficient (Wildman–Crippen LogP) is 3.68. The molecule has 1 unspecified atom stereocenters. The van der Waals surface area contributed by atoms with Crippen LogP contribution in [0, 0.1) is 5.41 Å². The Morgan fingerprint density at radius 2 is 1.91 bits per heavy atom. The Kier molecular flexibility index (Phi) is 3.26. The molecule has 2 aliphatic rings. The highest BCUT2D eigenvalue weighted by Crippen LogP contribution is 2.45. The van der Waals surface area contributed by atoms with Gasteiger partial charge in [-0.2, -0.15) is 0 Å². The molecule has 1 aromatic heterocycles. The average molecular weight is 320 g/mol. The van der Waals surface area contributed by atoms with Gasteiger partial charge in [-0.1, -0.05) is 39.0 Å². The molecule has 3 heterocycles. The molecule has 0 N–H and O–H groups in total. The van der Waals surface area contributed by atoms with Gasteiger partial charge in [-0.3, -0.25) is 4.98 Å². The van der Waals surface area contributed by atoms with Crippen molar-refractivity contribution in [3.05, 3.63) is 59.9 Å². The van der Waals surface area contributed by atoms with E-state index in [2.05, 4.69) is 50.0 Å². The molecule has 23 heavy (non-hydrogen) atoms. The zero-order valence-electron chi connectivity index (χ0n) is 13.4. The Bertz CT molecular complexity index is 869. The molecule has 3 nitrogen and oxygen atoms in total. The van der Waals surface area contributed by atoms with Gasteiger partial charge < -0.3 is 0 Å². The minimum Gasteiger partial charge on any atom is -0.264 e. The average Bonchev–Trinajstić information content (AvgIpc) is 2.92. The third-order valence-corrected chi connectivity index (χ3v) is 5.22. The van der Waals surface area contributed by atoms with Crippen molar-refractivity contribution in [2.24, 2.45) is 10.4 Å². The van der Waals surface area contributed by atoms with Gasteiger partial charge in [0.1, 0.15) is 11.5 Å². The number of nitrogens with zero attached hydrogens (tertiary/aromatic N) is 3. The number of benzene rings is 1. The summed E-state index contributed by atoms with van der Waals surface area (Å²) in [5, 5.41) is 1.13. The van der Waals surface area contributed by atoms with Crippen molar-refractivity contribution in [2.45, 2.75) is 31.6 Å². The summed E-state index contributed by atoms with van der Waals surface area (Å²) < 4.78 is 4.96. The molecule has 0 spiro atoms. The minimum absolute atomic E-state index is 0.0165. The number of hydrogen-bond donors (Lipinski definition) is 0. The molecule has 4 rings (SSSR count). The van der Waals surface area contributed by atoms with Gasteiger partial charge in [0.15, 0.2) is 0 Å². The van der Waals surface area contributed by atoms with Crippen LogP contribution >= 0.6 is 11.8 Å². The SMILES string of the molecule is CC(C)(C)C1=[N+]=C(c2cccnc2)N=C2Sc3ccccc3C21. The first kappa shape index (κ1) is 14.4. The smallest absolute Gasteiger partial charge is 0.264 e. The van der Waals surface area contributed by atoms with E-state index in [0.717, 1.165) is 16.4 Å². The summed E-state index contributed by atoms with van der Waals surface area (Å²) in [7, 11) is 0. The molecule has 4 heteroatoms. The van der Waals surface area contributed by atoms with Crippen LogP contribution in [-0.4, -0.2) is 21.6 Å². The van der Waals surface area contributed by atoms with Crippen LogP contribution in [0.5, 0.6) is 0 Å². The number of rotatable bonds is 1. The summed E-state index contributed by atoms with van der Waals surface area (Å²) in [6.07, 6.45) is 3.60. The fourth-order valence-electron chi connectivity index (χ4n) is 3.00. The molecule has 2 aliphatic heterocycles. The third-order valence-electron chi connectivity index (χ3n) is 4.10. The van der Waals surface area contributed by atoms with Crippen LogP contribution < -0.4 is 4.67 Å². The lowest BCUT2D eigenvalue weighted by molar-refractivity contribution is 0.576. The standard InChI is InChI=1S/C19H18N3S/c1-19(2,3)16-15-13-8-4-5-9-14(13)23-18(15)22-17(21-16)12-7-6-10-20-11-12/h4-11,15H,1-3H3/q+1. The topological polar surface area (TPSA) is 39.4 Å². The van der Waals surface area contributed by atoms with Gasteiger partial charge >= 0.3 is 5.84 Å². The zero-order chi connectivity index (χ0) is 16.0. The minimum atomic E-state index is -0.0165. The first-order chi connectivity index (χ1) is 11.0. The number of aromatic nitrogens is 1. The molecular formula is C19H18N3S+. The van der Waals surface area contributed by atoms with Gasteiger partial charge in [-0.25, -0.2) is 4.67 Å². The molecular weight excluding hydrogens is 302 g/mol. The van der Waals surface area contributed by atoms with E-state index in [1.165, 1.54) is 16.2 Å². The quantitative estimate of drug-likeness (QED) is 0.752. The van der Waals surface area contributed by atoms with E-state index in [0.29, 0.717) is 0 Å². The Balaban J connectivity index is 1.94. The number of amidine groups is 1. The van der Waals surface area contributed by atoms with Crippen molar-refractivity contribution >= 4 is 28.4 Å². The highest BCUT2D eigenvalue weighted by molar-refractivity contribution is 8.14. The zero-order valence-corrected chi connectivity index (χ0v) is 14.3. The number of hydrogen-bond acceptors (Lipinski definition) is 3. The van der Waals surface area contributed by atoms with Crippen LogP contribution in [0.3, 0.4) is 0 Å².